The van der Waals surface area contributed by atoms with Crippen molar-refractivity contribution >= 4 is 11.8 Å². The van der Waals surface area contributed by atoms with Gasteiger partial charge < -0.3 is 11.1 Å². The molecule has 0 radical (unpaired) electrons. The lowest BCUT2D eigenvalue weighted by Gasteiger charge is -2.16. The van der Waals surface area contributed by atoms with E-state index in [-0.39, 0.29) is 11.6 Å². The second kappa shape index (κ2) is 5.24. The number of primary amides is 1. The van der Waals surface area contributed by atoms with Gasteiger partial charge in [-0.3, -0.25) is 9.59 Å². The summed E-state index contributed by atoms with van der Waals surface area (Å²) in [5.41, 5.74) is 5.32. The lowest BCUT2D eigenvalue weighted by Crippen LogP contribution is -2.45. The molecule has 0 saturated heterocycles. The molecule has 2 amide bonds. The summed E-state index contributed by atoms with van der Waals surface area (Å²) < 4.78 is 0. The number of carbonyl (C=O) groups is 2. The van der Waals surface area contributed by atoms with E-state index in [1.807, 2.05) is 13.8 Å². The molecule has 7 heteroatoms. The van der Waals surface area contributed by atoms with Gasteiger partial charge in [0.2, 0.25) is 5.91 Å². The third-order valence-corrected chi connectivity index (χ3v) is 2.00. The Morgan fingerprint density at radius 2 is 2.25 bits per heavy atom. The topological polar surface area (TPSA) is 114 Å². The molecule has 1 aromatic rings. The highest BCUT2D eigenvalue weighted by Gasteiger charge is 2.20. The molecule has 1 atom stereocenters. The van der Waals surface area contributed by atoms with E-state index in [4.69, 9.17) is 5.73 Å². The maximum atomic E-state index is 11.6. The largest absolute Gasteiger partial charge is 0.368 e. The lowest BCUT2D eigenvalue weighted by molar-refractivity contribution is -0.120. The fourth-order valence-electron chi connectivity index (χ4n) is 1.26. The number of H-pyrrole nitrogens is 1. The Hall–Kier alpha value is -1.92. The van der Waals surface area contributed by atoms with Crippen LogP contribution in [0.2, 0.25) is 0 Å². The van der Waals surface area contributed by atoms with E-state index in [9.17, 15) is 9.59 Å². The second-order valence-corrected chi connectivity index (χ2v) is 3.91. The molecule has 0 aliphatic heterocycles. The number of rotatable bonds is 5. The van der Waals surface area contributed by atoms with E-state index < -0.39 is 17.9 Å². The zero-order valence-corrected chi connectivity index (χ0v) is 9.23. The van der Waals surface area contributed by atoms with Gasteiger partial charge in [-0.05, 0) is 12.3 Å². The lowest BCUT2D eigenvalue weighted by atomic mass is 10.0. The van der Waals surface area contributed by atoms with Crippen molar-refractivity contribution in [1.29, 1.82) is 0 Å². The van der Waals surface area contributed by atoms with Gasteiger partial charge in [-0.2, -0.15) is 15.4 Å². The monoisotopic (exact) mass is 225 g/mol. The van der Waals surface area contributed by atoms with Crippen LogP contribution in [0.3, 0.4) is 0 Å². The molecule has 0 fully saturated rings. The third-order valence-electron chi connectivity index (χ3n) is 2.00. The molecule has 88 valence electrons. The van der Waals surface area contributed by atoms with Crippen molar-refractivity contribution in [3.8, 4) is 0 Å². The molecule has 0 aliphatic rings. The summed E-state index contributed by atoms with van der Waals surface area (Å²) in [5.74, 6) is -0.751. The Morgan fingerprint density at radius 3 is 2.69 bits per heavy atom. The Balaban J connectivity index is 2.62. The molecule has 7 nitrogen and oxygen atoms in total. The van der Waals surface area contributed by atoms with Crippen molar-refractivity contribution in [1.82, 2.24) is 20.7 Å². The molecule has 0 bridgehead atoms. The normalized spacial score (nSPS) is 12.4. The summed E-state index contributed by atoms with van der Waals surface area (Å²) in [6.45, 7) is 3.89. The van der Waals surface area contributed by atoms with E-state index >= 15 is 0 Å². The van der Waals surface area contributed by atoms with Gasteiger partial charge in [0.25, 0.3) is 5.91 Å². The summed E-state index contributed by atoms with van der Waals surface area (Å²) in [5, 5.41) is 11.9. The number of aromatic amines is 1. The molecule has 0 unspecified atom stereocenters. The van der Waals surface area contributed by atoms with Crippen molar-refractivity contribution < 1.29 is 9.59 Å². The Morgan fingerprint density at radius 1 is 1.56 bits per heavy atom. The maximum Gasteiger partial charge on any atom is 0.274 e. The number of carbonyl (C=O) groups excluding carboxylic acids is 2. The Bertz CT molecular complexity index is 360. The Kier molecular flexibility index (Phi) is 3.98. The minimum Gasteiger partial charge on any atom is -0.368 e. The summed E-state index contributed by atoms with van der Waals surface area (Å²) >= 11 is 0. The fraction of sp³-hybridized carbons (Fsp3) is 0.556. The quantitative estimate of drug-likeness (QED) is 0.622. The predicted octanol–water partition coefficient (Wildman–Crippen LogP) is -0.565. The maximum absolute atomic E-state index is 11.6. The molecular formula is C9H15N5O2. The molecule has 1 heterocycles. The minimum absolute atomic E-state index is 0.134. The van der Waals surface area contributed by atoms with Gasteiger partial charge in [0, 0.05) is 0 Å². The van der Waals surface area contributed by atoms with E-state index in [2.05, 4.69) is 20.7 Å². The van der Waals surface area contributed by atoms with Gasteiger partial charge in [0.15, 0.2) is 5.69 Å². The van der Waals surface area contributed by atoms with Crippen LogP contribution in [0.5, 0.6) is 0 Å². The van der Waals surface area contributed by atoms with Gasteiger partial charge in [0.1, 0.15) is 6.04 Å². The average Bonchev–Trinajstić information content (AvgIpc) is 2.68. The summed E-state index contributed by atoms with van der Waals surface area (Å²) in [6, 6.07) is -0.677. The summed E-state index contributed by atoms with van der Waals surface area (Å²) in [7, 11) is 0. The SMILES string of the molecule is CC(C)C[C@H](NC(=O)c1cn[nH]n1)C(N)=O. The molecule has 1 aromatic heterocycles. The van der Waals surface area contributed by atoms with Gasteiger partial charge in [-0.15, -0.1) is 0 Å². The number of hydrogen-bond acceptors (Lipinski definition) is 4. The molecule has 0 saturated carbocycles. The smallest absolute Gasteiger partial charge is 0.274 e. The second-order valence-electron chi connectivity index (χ2n) is 3.91. The van der Waals surface area contributed by atoms with Gasteiger partial charge in [0.05, 0.1) is 6.20 Å². The van der Waals surface area contributed by atoms with Crippen LogP contribution in [-0.4, -0.2) is 33.3 Å². The predicted molar refractivity (Wildman–Crippen MR) is 56.3 cm³/mol. The molecular weight excluding hydrogens is 210 g/mol. The highest BCUT2D eigenvalue weighted by atomic mass is 16.2. The number of nitrogens with one attached hydrogen (secondary N) is 2. The first-order valence-electron chi connectivity index (χ1n) is 4.96. The van der Waals surface area contributed by atoms with Crippen molar-refractivity contribution in [2.75, 3.05) is 0 Å². The molecule has 1 rings (SSSR count). The minimum atomic E-state index is -0.677. The van der Waals surface area contributed by atoms with E-state index in [1.165, 1.54) is 6.20 Å². The molecule has 16 heavy (non-hydrogen) atoms. The summed E-state index contributed by atoms with van der Waals surface area (Å²) in [4.78, 5) is 22.7. The van der Waals surface area contributed by atoms with Crippen molar-refractivity contribution in [2.45, 2.75) is 26.3 Å². The van der Waals surface area contributed by atoms with Crippen LogP contribution < -0.4 is 11.1 Å². The zero-order valence-electron chi connectivity index (χ0n) is 9.23. The molecule has 4 N–H and O–H groups in total. The fourth-order valence-corrected chi connectivity index (χ4v) is 1.26. The van der Waals surface area contributed by atoms with Crippen molar-refractivity contribution in [2.24, 2.45) is 11.7 Å². The van der Waals surface area contributed by atoms with Crippen LogP contribution in [-0.2, 0) is 4.79 Å². The van der Waals surface area contributed by atoms with Crippen LogP contribution in [0.15, 0.2) is 6.20 Å². The number of aromatic nitrogens is 3. The van der Waals surface area contributed by atoms with Gasteiger partial charge in [-0.1, -0.05) is 13.8 Å². The first-order valence-corrected chi connectivity index (χ1v) is 4.96. The number of hydrogen-bond donors (Lipinski definition) is 3. The van der Waals surface area contributed by atoms with Gasteiger partial charge >= 0.3 is 0 Å². The first-order chi connectivity index (χ1) is 7.50. The highest BCUT2D eigenvalue weighted by molar-refractivity contribution is 5.95. The molecule has 0 spiro atoms. The standard InChI is InChI=1S/C9H15N5O2/c1-5(2)3-6(8(10)15)12-9(16)7-4-11-14-13-7/h4-6H,3H2,1-2H3,(H2,10,15)(H,12,16)(H,11,13,14)/t6-/m0/s1. The third kappa shape index (κ3) is 3.34. The van der Waals surface area contributed by atoms with Crippen LogP contribution in [0.25, 0.3) is 0 Å². The van der Waals surface area contributed by atoms with Crippen molar-refractivity contribution in [3.63, 3.8) is 0 Å². The number of nitrogens with zero attached hydrogens (tertiary/aromatic N) is 2. The first kappa shape index (κ1) is 12.2. The highest BCUT2D eigenvalue weighted by Crippen LogP contribution is 2.05. The molecule has 0 aliphatic carbocycles. The van der Waals surface area contributed by atoms with E-state index in [1.54, 1.807) is 0 Å². The molecule has 0 aromatic carbocycles. The van der Waals surface area contributed by atoms with Crippen LogP contribution in [0.4, 0.5) is 0 Å². The van der Waals surface area contributed by atoms with Gasteiger partial charge in [-0.25, -0.2) is 0 Å². The van der Waals surface area contributed by atoms with Crippen LogP contribution in [0, 0.1) is 5.92 Å². The van der Waals surface area contributed by atoms with E-state index in [0.29, 0.717) is 6.42 Å². The number of nitrogens with two attached hydrogens (primary N) is 1. The van der Waals surface area contributed by atoms with Crippen molar-refractivity contribution in [3.05, 3.63) is 11.9 Å². The Labute approximate surface area is 92.8 Å². The average molecular weight is 225 g/mol. The van der Waals surface area contributed by atoms with Crippen LogP contribution in [0.1, 0.15) is 30.8 Å². The van der Waals surface area contributed by atoms with E-state index in [0.717, 1.165) is 0 Å². The van der Waals surface area contributed by atoms with Crippen LogP contribution >= 0.6 is 0 Å². The number of amides is 2. The summed E-state index contributed by atoms with van der Waals surface area (Å²) in [6.07, 6.45) is 1.78. The zero-order chi connectivity index (χ0) is 12.1.